The van der Waals surface area contributed by atoms with Gasteiger partial charge in [0.2, 0.25) is 0 Å². The number of carbonyl (C=O) groups is 6. The molecule has 4 amide bonds. The zero-order valence-electron chi connectivity index (χ0n) is 52.6. The lowest BCUT2D eigenvalue weighted by Crippen LogP contribution is -2.82. The van der Waals surface area contributed by atoms with E-state index >= 15 is 9.59 Å². The number of nitrogen functional groups attached to an aromatic ring is 1. The van der Waals surface area contributed by atoms with Crippen LogP contribution in [0.3, 0.4) is 0 Å². The first-order chi connectivity index (χ1) is 47.7. The summed E-state index contributed by atoms with van der Waals surface area (Å²) in [6.45, 7) is 2.60. The van der Waals surface area contributed by atoms with Gasteiger partial charge in [-0.05, 0) is 27.8 Å². The number of thioether (sulfide) groups is 4. The quantitative estimate of drug-likeness (QED) is 0.0143. The molecule has 0 spiro atoms. The maximum atomic E-state index is 15.3. The van der Waals surface area contributed by atoms with E-state index in [4.69, 9.17) is 39.3 Å². The predicted octanol–water partition coefficient (Wildman–Crippen LogP) is 8.28. The summed E-state index contributed by atoms with van der Waals surface area (Å²) in [5, 5.41) is 40.7. The molecule has 30 heteroatoms. The number of ether oxygens (including phenoxy) is 4. The normalized spacial score (nSPS) is 20.6. The third-order valence-corrected chi connectivity index (χ3v) is 23.8. The predicted molar refractivity (Wildman–Crippen MR) is 377 cm³/mol. The molecule has 0 aliphatic carbocycles. The monoisotopic (exact) mass is 1440 g/mol. The molecular weight excluding hydrogens is 1370 g/mol. The number of nitrogens with zero attached hydrogens (tertiary/aromatic N) is 6. The molecule has 6 aliphatic rings. The Morgan fingerprint density at radius 1 is 0.643 bits per heavy atom. The van der Waals surface area contributed by atoms with E-state index in [-0.39, 0.29) is 64.8 Å². The maximum absolute atomic E-state index is 15.3. The minimum atomic E-state index is -1.68. The number of hydrogen-bond acceptors (Lipinski definition) is 24. The standard InChI is InChI=1S/C50H45N5O7S3.C18H21N5O7S3/c1-60-54-42(39-30-65-48(51-39)53-49(36-21-11-4-12-22-36,37-23-13-5-14-24-37)38-25-15-6-16-26-38)44(56)52-50(41(34-17-7-2-8-18-34)35-19-9-3-10-20-35)46(59)55-43(45(57)58)40(31-64-47(50)55)63-29-33-27-61-32-62-28-33;1-28-22-11(9-5-33-18(19)20-9)14(24)21-12-15(25)23-13(17(26)27)10(6-32-16(12)23)31-4-8-2-29-7-30-3-8/h2-26,30,33,41,47H,27-29,31-32H2,1H3,(H,51,53)(H,52,56)(H,57,58);5,8,12,16H,2-4,6-7H2,1H3,(H2,19,20)(H,21,24)(H,26,27)/b54-42-;22-11-/t47-,50?;12?,16-/m00/s1. The minimum absolute atomic E-state index is 0.0463. The Labute approximate surface area is 588 Å². The zero-order chi connectivity index (χ0) is 68.3. The first kappa shape index (κ1) is 69.3. The summed E-state index contributed by atoms with van der Waals surface area (Å²) >= 11 is 8.02. The molecule has 0 radical (unpaired) electrons. The Morgan fingerprint density at radius 2 is 1.09 bits per heavy atom. The summed E-state index contributed by atoms with van der Waals surface area (Å²) in [7, 11) is 2.63. The number of nitrogens with two attached hydrogens (primary N) is 1. The molecule has 8 heterocycles. The molecule has 2 aromatic heterocycles. The molecule has 4 fully saturated rings. The molecule has 4 atom stereocenters. The molecule has 508 valence electrons. The molecule has 24 nitrogen and oxygen atoms in total. The first-order valence-electron chi connectivity index (χ1n) is 30.7. The molecule has 98 heavy (non-hydrogen) atoms. The molecule has 7 N–H and O–H groups in total. The van der Waals surface area contributed by atoms with Crippen molar-refractivity contribution < 1.29 is 67.6 Å². The number of carboxylic acid groups (broad SMARTS) is 2. The van der Waals surface area contributed by atoms with Crippen LogP contribution in [0, 0.1) is 11.8 Å². The number of β-lactam (4-membered cyclic amide) rings is 2. The lowest BCUT2D eigenvalue weighted by Gasteiger charge is -2.60. The number of rotatable bonds is 24. The summed E-state index contributed by atoms with van der Waals surface area (Å²) in [5.74, 6) is -3.50. The van der Waals surface area contributed by atoms with E-state index in [9.17, 15) is 29.4 Å². The highest BCUT2D eigenvalue weighted by molar-refractivity contribution is 8.06. The lowest BCUT2D eigenvalue weighted by atomic mass is 9.68. The fraction of sp³-hybridized carbons (Fsp3) is 0.294. The summed E-state index contributed by atoms with van der Waals surface area (Å²) in [5.41, 5.74) is 7.50. The minimum Gasteiger partial charge on any atom is -0.477 e. The SMILES string of the molecule is CO/N=C(\C(=O)NC1(C(c2ccccc2)c2ccccc2)C(=O)N2C(C(=O)O)=C(SCC3COCOC3)CS[C@H]21)c1csc(NC(c2ccccc2)(c2ccccc2)c2ccccc2)n1.CO/N=C(\C(=O)NC1C(=O)N2C(C(=O)O)=C(SCC3COCOC3)CS[C@@H]12)c1csc(N)n1. The number of nitrogens with one attached hydrogen (secondary N) is 3. The number of benzene rings is 5. The average Bonchev–Trinajstić information content (AvgIpc) is 0.791. The van der Waals surface area contributed by atoms with E-state index in [1.807, 2.05) is 115 Å². The summed E-state index contributed by atoms with van der Waals surface area (Å²) < 4.78 is 21.5. The smallest absolute Gasteiger partial charge is 0.353 e. The van der Waals surface area contributed by atoms with Crippen LogP contribution in [0.4, 0.5) is 10.3 Å². The van der Waals surface area contributed by atoms with Gasteiger partial charge in [0.1, 0.15) is 72.9 Å². The van der Waals surface area contributed by atoms with Crippen molar-refractivity contribution in [3.63, 3.8) is 0 Å². The van der Waals surface area contributed by atoms with E-state index in [2.05, 4.69) is 67.6 Å². The van der Waals surface area contributed by atoms with Crippen LogP contribution in [0.25, 0.3) is 0 Å². The number of carbonyl (C=O) groups excluding carboxylic acids is 4. The number of anilines is 2. The Kier molecular flexibility index (Phi) is 22.3. The van der Waals surface area contributed by atoms with Gasteiger partial charge in [-0.3, -0.25) is 29.0 Å². The molecular formula is C68H66N10O14S6. The van der Waals surface area contributed by atoms with Gasteiger partial charge in [-0.25, -0.2) is 19.6 Å². The van der Waals surface area contributed by atoms with Crippen LogP contribution in [0.5, 0.6) is 0 Å². The zero-order valence-corrected chi connectivity index (χ0v) is 57.5. The van der Waals surface area contributed by atoms with Crippen LogP contribution in [0.2, 0.25) is 0 Å². The van der Waals surface area contributed by atoms with Gasteiger partial charge in [0.25, 0.3) is 23.6 Å². The van der Waals surface area contributed by atoms with Gasteiger partial charge in [-0.2, -0.15) is 0 Å². The number of aliphatic carboxylic acids is 2. The van der Waals surface area contributed by atoms with Crippen LogP contribution in [0.1, 0.15) is 45.1 Å². The van der Waals surface area contributed by atoms with Crippen molar-refractivity contribution in [2.24, 2.45) is 22.1 Å². The highest BCUT2D eigenvalue weighted by Crippen LogP contribution is 2.55. The van der Waals surface area contributed by atoms with E-state index in [1.54, 1.807) is 10.8 Å². The number of hydrogen-bond donors (Lipinski definition) is 6. The number of oxime groups is 2. The molecule has 0 bridgehead atoms. The Morgan fingerprint density at radius 3 is 1.56 bits per heavy atom. The van der Waals surface area contributed by atoms with E-state index in [0.717, 1.165) is 39.2 Å². The van der Waals surface area contributed by atoms with Crippen molar-refractivity contribution in [2.45, 2.75) is 33.8 Å². The molecule has 13 rings (SSSR count). The highest BCUT2D eigenvalue weighted by Gasteiger charge is 2.69. The Balaban J connectivity index is 0.000000232. The van der Waals surface area contributed by atoms with Gasteiger partial charge in [-0.15, -0.1) is 69.7 Å². The third-order valence-electron chi connectivity index (χ3n) is 16.7. The van der Waals surface area contributed by atoms with Crippen LogP contribution in [-0.4, -0.2) is 177 Å². The molecule has 6 aliphatic heterocycles. The second-order valence-electron chi connectivity index (χ2n) is 22.8. The van der Waals surface area contributed by atoms with Gasteiger partial charge < -0.3 is 60.5 Å². The van der Waals surface area contributed by atoms with Gasteiger partial charge in [0, 0.05) is 61.3 Å². The van der Waals surface area contributed by atoms with Gasteiger partial charge in [0.15, 0.2) is 27.2 Å². The van der Waals surface area contributed by atoms with Crippen LogP contribution in [-0.2, 0) is 62.9 Å². The number of aromatic nitrogens is 2. The van der Waals surface area contributed by atoms with E-state index in [0.29, 0.717) is 64.4 Å². The van der Waals surface area contributed by atoms with Crippen molar-refractivity contribution in [3.8, 4) is 0 Å². The van der Waals surface area contributed by atoms with Gasteiger partial charge in [0.05, 0.1) is 26.4 Å². The van der Waals surface area contributed by atoms with Crippen LogP contribution in [0.15, 0.2) is 194 Å². The topological polar surface area (TPSA) is 317 Å². The van der Waals surface area contributed by atoms with Crippen molar-refractivity contribution in [2.75, 3.05) is 88.3 Å². The summed E-state index contributed by atoms with van der Waals surface area (Å²) in [6.07, 6.45) is 0. The summed E-state index contributed by atoms with van der Waals surface area (Å²) in [6, 6.07) is 48.4. The van der Waals surface area contributed by atoms with Crippen molar-refractivity contribution in [1.82, 2.24) is 30.4 Å². The average molecular weight is 1440 g/mol. The van der Waals surface area contributed by atoms with Crippen molar-refractivity contribution in [1.29, 1.82) is 0 Å². The fourth-order valence-corrected chi connectivity index (χ4v) is 19.2. The van der Waals surface area contributed by atoms with E-state index in [1.165, 1.54) is 82.4 Å². The maximum Gasteiger partial charge on any atom is 0.353 e. The fourth-order valence-electron chi connectivity index (χ4n) is 12.4. The van der Waals surface area contributed by atoms with E-state index < -0.39 is 69.4 Å². The van der Waals surface area contributed by atoms with Crippen LogP contribution >= 0.6 is 69.7 Å². The van der Waals surface area contributed by atoms with Gasteiger partial charge in [-0.1, -0.05) is 162 Å². The molecule has 0 saturated carbocycles. The number of carboxylic acids is 2. The summed E-state index contributed by atoms with van der Waals surface area (Å²) in [4.78, 5) is 104. The Bertz CT molecular complexity index is 4030. The van der Waals surface area contributed by atoms with Crippen LogP contribution < -0.4 is 21.7 Å². The largest absolute Gasteiger partial charge is 0.477 e. The first-order valence-corrected chi connectivity index (χ1v) is 36.5. The molecule has 5 aromatic carbocycles. The van der Waals surface area contributed by atoms with Crippen molar-refractivity contribution >= 4 is 127 Å². The lowest BCUT2D eigenvalue weighted by molar-refractivity contribution is -0.159. The number of thiazole rings is 2. The molecule has 4 saturated heterocycles. The second-order valence-corrected chi connectivity index (χ2v) is 29.0. The Hall–Kier alpha value is -8.56. The van der Waals surface area contributed by atoms with Crippen molar-refractivity contribution in [3.05, 3.63) is 223 Å². The third kappa shape index (κ3) is 14.3. The molecule has 2 unspecified atom stereocenters. The highest BCUT2D eigenvalue weighted by atomic mass is 32.2. The molecule has 7 aromatic rings. The number of amides is 4. The second kappa shape index (κ2) is 31.5. The van der Waals surface area contributed by atoms with Gasteiger partial charge >= 0.3 is 11.9 Å². The number of fused-ring (bicyclic) bond motifs is 2.